The fraction of sp³-hybridized carbons (Fsp3) is 0.524. The third-order valence-corrected chi connectivity index (χ3v) is 4.88. The summed E-state index contributed by atoms with van der Waals surface area (Å²) in [5.74, 6) is 1.37. The van der Waals surface area contributed by atoms with E-state index >= 15 is 0 Å². The quantitative estimate of drug-likeness (QED) is 0.361. The summed E-state index contributed by atoms with van der Waals surface area (Å²) in [6.07, 6.45) is 2.48. The lowest BCUT2D eigenvalue weighted by molar-refractivity contribution is 0.0186. The van der Waals surface area contributed by atoms with Gasteiger partial charge in [0, 0.05) is 49.8 Å². The zero-order chi connectivity index (χ0) is 21.0. The van der Waals surface area contributed by atoms with Gasteiger partial charge in [-0.3, -0.25) is 4.99 Å². The Labute approximate surface area is 194 Å². The first-order valence-electron chi connectivity index (χ1n) is 9.94. The number of amides is 1. The molecule has 0 radical (unpaired) electrons. The van der Waals surface area contributed by atoms with Gasteiger partial charge in [-0.2, -0.15) is 0 Å². The van der Waals surface area contributed by atoms with Gasteiger partial charge in [0.25, 0.3) is 0 Å². The molecule has 0 atom stereocenters. The molecule has 9 heteroatoms. The van der Waals surface area contributed by atoms with Crippen molar-refractivity contribution in [2.24, 2.45) is 10.7 Å². The van der Waals surface area contributed by atoms with Crippen LogP contribution in [0.2, 0.25) is 0 Å². The summed E-state index contributed by atoms with van der Waals surface area (Å²) in [6, 6.07) is 5.96. The van der Waals surface area contributed by atoms with Crippen LogP contribution in [0.5, 0.6) is 5.75 Å². The predicted molar refractivity (Wildman–Crippen MR) is 130 cm³/mol. The molecular formula is C21H32IN5O3. The number of guanidine groups is 1. The van der Waals surface area contributed by atoms with Crippen LogP contribution in [-0.4, -0.2) is 72.3 Å². The molecule has 1 fully saturated rings. The molecule has 2 heterocycles. The molecule has 2 aromatic rings. The molecular weight excluding hydrogens is 497 g/mol. The van der Waals surface area contributed by atoms with Crippen molar-refractivity contribution in [3.63, 3.8) is 0 Å². The van der Waals surface area contributed by atoms with Gasteiger partial charge in [0.05, 0.1) is 7.11 Å². The number of hydrogen-bond donors (Lipinski definition) is 2. The number of nitrogens with one attached hydrogen (secondary N) is 1. The van der Waals surface area contributed by atoms with Crippen molar-refractivity contribution >= 4 is 46.9 Å². The molecule has 166 valence electrons. The minimum Gasteiger partial charge on any atom is -0.496 e. The number of ether oxygens (including phenoxy) is 2. The van der Waals surface area contributed by atoms with Crippen LogP contribution in [0.4, 0.5) is 4.79 Å². The maximum absolute atomic E-state index is 12.2. The number of fused-ring (bicyclic) bond motifs is 1. The standard InChI is InChI=1S/C21H31N5O3.HI/c1-21(2,3)29-20(27)26-12-10-25(11-13-26)19(22)23-9-8-15-14-24-16-6-5-7-17(28-4)18(15)16;/h5-7,14,24H,8-13H2,1-4H3,(H2,22,23);1H. The summed E-state index contributed by atoms with van der Waals surface area (Å²) in [4.78, 5) is 23.7. The van der Waals surface area contributed by atoms with Crippen LogP contribution >= 0.6 is 24.0 Å². The first-order chi connectivity index (χ1) is 13.8. The van der Waals surface area contributed by atoms with E-state index in [1.165, 1.54) is 0 Å². The molecule has 1 aromatic heterocycles. The van der Waals surface area contributed by atoms with E-state index in [-0.39, 0.29) is 30.1 Å². The number of halogens is 1. The SMILES string of the molecule is COc1cccc2[nH]cc(CCN=C(N)N3CCN(C(=O)OC(C)(C)C)CC3)c12.I. The van der Waals surface area contributed by atoms with Crippen molar-refractivity contribution in [3.05, 3.63) is 30.0 Å². The average Bonchev–Trinajstić information content (AvgIpc) is 3.10. The van der Waals surface area contributed by atoms with Gasteiger partial charge in [-0.15, -0.1) is 24.0 Å². The smallest absolute Gasteiger partial charge is 0.410 e. The van der Waals surface area contributed by atoms with Crippen LogP contribution in [0.25, 0.3) is 10.9 Å². The number of aliphatic imine (C=N–C) groups is 1. The average molecular weight is 529 g/mol. The maximum Gasteiger partial charge on any atom is 0.410 e. The second kappa shape index (κ2) is 10.2. The first kappa shape index (κ1) is 24.1. The molecule has 1 aliphatic heterocycles. The summed E-state index contributed by atoms with van der Waals surface area (Å²) < 4.78 is 10.9. The van der Waals surface area contributed by atoms with E-state index in [1.54, 1.807) is 12.0 Å². The minimum atomic E-state index is -0.486. The number of methoxy groups -OCH3 is 1. The van der Waals surface area contributed by atoms with Crippen LogP contribution < -0.4 is 10.5 Å². The number of carbonyl (C=O) groups is 1. The Morgan fingerprint density at radius 3 is 2.50 bits per heavy atom. The zero-order valence-electron chi connectivity index (χ0n) is 18.1. The number of aromatic nitrogens is 1. The number of rotatable bonds is 4. The number of nitrogens with two attached hydrogens (primary N) is 1. The van der Waals surface area contributed by atoms with E-state index < -0.39 is 5.60 Å². The number of aromatic amines is 1. The lowest BCUT2D eigenvalue weighted by atomic mass is 10.1. The molecule has 1 aromatic carbocycles. The van der Waals surface area contributed by atoms with E-state index in [0.29, 0.717) is 38.7 Å². The lowest BCUT2D eigenvalue weighted by Gasteiger charge is -2.36. The monoisotopic (exact) mass is 529 g/mol. The molecule has 30 heavy (non-hydrogen) atoms. The molecule has 1 aliphatic rings. The van der Waals surface area contributed by atoms with Crippen molar-refractivity contribution in [2.75, 3.05) is 39.8 Å². The fourth-order valence-corrected chi connectivity index (χ4v) is 3.42. The fourth-order valence-electron chi connectivity index (χ4n) is 3.42. The predicted octanol–water partition coefficient (Wildman–Crippen LogP) is 3.20. The summed E-state index contributed by atoms with van der Waals surface area (Å²) in [5.41, 5.74) is 7.91. The number of carbonyl (C=O) groups excluding carboxylic acids is 1. The normalized spacial score (nSPS) is 15.1. The Morgan fingerprint density at radius 1 is 1.20 bits per heavy atom. The maximum atomic E-state index is 12.2. The molecule has 3 N–H and O–H groups in total. The van der Waals surface area contributed by atoms with Gasteiger partial charge in [-0.05, 0) is 44.9 Å². The van der Waals surface area contributed by atoms with E-state index in [9.17, 15) is 4.79 Å². The summed E-state index contributed by atoms with van der Waals surface area (Å²) >= 11 is 0. The molecule has 0 spiro atoms. The van der Waals surface area contributed by atoms with Crippen molar-refractivity contribution in [1.29, 1.82) is 0 Å². The highest BCUT2D eigenvalue weighted by Gasteiger charge is 2.26. The summed E-state index contributed by atoms with van der Waals surface area (Å²) in [5, 5.41) is 1.09. The van der Waals surface area contributed by atoms with Crippen molar-refractivity contribution in [3.8, 4) is 5.75 Å². The van der Waals surface area contributed by atoms with Crippen molar-refractivity contribution in [2.45, 2.75) is 32.8 Å². The van der Waals surface area contributed by atoms with E-state index in [1.807, 2.05) is 50.1 Å². The minimum absolute atomic E-state index is 0. The number of hydrogen-bond acceptors (Lipinski definition) is 4. The number of piperazine rings is 1. The molecule has 1 saturated heterocycles. The number of benzene rings is 1. The molecule has 8 nitrogen and oxygen atoms in total. The highest BCUT2D eigenvalue weighted by atomic mass is 127. The van der Waals surface area contributed by atoms with E-state index in [2.05, 4.69) is 9.98 Å². The Balaban J connectivity index is 0.00000320. The van der Waals surface area contributed by atoms with Crippen molar-refractivity contribution < 1.29 is 14.3 Å². The molecule has 0 unspecified atom stereocenters. The van der Waals surface area contributed by atoms with Crippen molar-refractivity contribution in [1.82, 2.24) is 14.8 Å². The first-order valence-corrected chi connectivity index (χ1v) is 9.94. The van der Waals surface area contributed by atoms with Gasteiger partial charge >= 0.3 is 6.09 Å². The van der Waals surface area contributed by atoms with Crippen LogP contribution in [0, 0.1) is 0 Å². The topological polar surface area (TPSA) is 96.2 Å². The Bertz CT molecular complexity index is 882. The van der Waals surface area contributed by atoms with E-state index in [0.717, 1.165) is 28.6 Å². The number of nitrogens with zero attached hydrogens (tertiary/aromatic N) is 3. The summed E-state index contributed by atoms with van der Waals surface area (Å²) in [7, 11) is 1.68. The van der Waals surface area contributed by atoms with Gasteiger partial charge in [-0.1, -0.05) is 6.07 Å². The Kier molecular flexibility index (Phi) is 8.22. The highest BCUT2D eigenvalue weighted by Crippen LogP contribution is 2.28. The third-order valence-electron chi connectivity index (χ3n) is 4.88. The second-order valence-corrected chi connectivity index (χ2v) is 8.14. The molecule has 0 saturated carbocycles. The Morgan fingerprint density at radius 2 is 1.87 bits per heavy atom. The Hall–Kier alpha value is -2.17. The van der Waals surface area contributed by atoms with Gasteiger partial charge in [0.15, 0.2) is 5.96 Å². The molecule has 3 rings (SSSR count). The van der Waals surface area contributed by atoms with Gasteiger partial charge < -0.3 is 30.0 Å². The second-order valence-electron chi connectivity index (χ2n) is 8.14. The van der Waals surface area contributed by atoms with Crippen LogP contribution in [0.1, 0.15) is 26.3 Å². The number of H-pyrrole nitrogens is 1. The van der Waals surface area contributed by atoms with Crippen LogP contribution in [0.15, 0.2) is 29.4 Å². The molecule has 0 bridgehead atoms. The van der Waals surface area contributed by atoms with Gasteiger partial charge in [0.1, 0.15) is 11.4 Å². The van der Waals surface area contributed by atoms with Gasteiger partial charge in [-0.25, -0.2) is 4.79 Å². The van der Waals surface area contributed by atoms with E-state index in [4.69, 9.17) is 15.2 Å². The zero-order valence-corrected chi connectivity index (χ0v) is 20.4. The summed E-state index contributed by atoms with van der Waals surface area (Å²) in [6.45, 7) is 8.64. The van der Waals surface area contributed by atoms with Crippen LogP contribution in [-0.2, 0) is 11.2 Å². The molecule has 0 aliphatic carbocycles. The largest absolute Gasteiger partial charge is 0.496 e. The van der Waals surface area contributed by atoms with Gasteiger partial charge in [0.2, 0.25) is 0 Å². The van der Waals surface area contributed by atoms with Crippen LogP contribution in [0.3, 0.4) is 0 Å². The molecule has 1 amide bonds. The third kappa shape index (κ3) is 5.93. The lowest BCUT2D eigenvalue weighted by Crippen LogP contribution is -2.53. The highest BCUT2D eigenvalue weighted by molar-refractivity contribution is 14.0.